The van der Waals surface area contributed by atoms with Crippen LogP contribution in [0.4, 0.5) is 13.2 Å². The molecule has 0 saturated carbocycles. The molecule has 0 heterocycles. The lowest BCUT2D eigenvalue weighted by molar-refractivity contribution is -0.0543. The number of aliphatic imine (C=N–C) groups is 1. The molecule has 0 unspecified atom stereocenters. The lowest BCUT2D eigenvalue weighted by atomic mass is 10.7. The highest BCUT2D eigenvalue weighted by Crippen LogP contribution is 2.10. The molecule has 64 valence electrons. The first-order valence-electron chi connectivity index (χ1n) is 2.72. The van der Waals surface area contributed by atoms with Crippen molar-refractivity contribution < 1.29 is 13.2 Å². The molecule has 0 fully saturated rings. The van der Waals surface area contributed by atoms with Crippen LogP contribution in [0.5, 0.6) is 0 Å². The number of hydrogen-bond acceptors (Lipinski definition) is 2. The van der Waals surface area contributed by atoms with Crippen LogP contribution < -0.4 is 0 Å². The van der Waals surface area contributed by atoms with E-state index in [1.54, 1.807) is 0 Å². The van der Waals surface area contributed by atoms with E-state index in [0.717, 1.165) is 5.01 Å². The van der Waals surface area contributed by atoms with Crippen molar-refractivity contribution in [3.05, 3.63) is 0 Å². The van der Waals surface area contributed by atoms with Crippen LogP contribution in [0.3, 0.4) is 0 Å². The van der Waals surface area contributed by atoms with Gasteiger partial charge in [0.05, 0.1) is 0 Å². The molecule has 0 saturated heterocycles. The van der Waals surface area contributed by atoms with E-state index < -0.39 is 6.18 Å². The SMILES string of the molecule is CN=CN(C)/N=C/C(F)(F)F. The molecular formula is C5H8F3N3. The van der Waals surface area contributed by atoms with Crippen LogP contribution >= 0.6 is 0 Å². The van der Waals surface area contributed by atoms with Crippen molar-refractivity contribution >= 4 is 12.6 Å². The van der Waals surface area contributed by atoms with Gasteiger partial charge in [-0.2, -0.15) is 18.3 Å². The molecule has 6 heteroatoms. The fourth-order valence-corrected chi connectivity index (χ4v) is 0.353. The second-order valence-corrected chi connectivity index (χ2v) is 1.73. The molecule has 11 heavy (non-hydrogen) atoms. The molecular weight excluding hydrogens is 159 g/mol. The average Bonchev–Trinajstić information content (AvgIpc) is 1.83. The van der Waals surface area contributed by atoms with Crippen molar-refractivity contribution in [2.75, 3.05) is 14.1 Å². The Bertz CT molecular complexity index is 161. The van der Waals surface area contributed by atoms with Crippen LogP contribution in [0.1, 0.15) is 0 Å². The average molecular weight is 167 g/mol. The first kappa shape index (κ1) is 9.93. The normalized spacial score (nSPS) is 13.2. The molecule has 0 amide bonds. The number of alkyl halides is 3. The zero-order valence-electron chi connectivity index (χ0n) is 6.13. The van der Waals surface area contributed by atoms with Crippen LogP contribution in [0.2, 0.25) is 0 Å². The first-order valence-corrected chi connectivity index (χ1v) is 2.72. The van der Waals surface area contributed by atoms with Gasteiger partial charge in [0.25, 0.3) is 0 Å². The van der Waals surface area contributed by atoms with Crippen molar-refractivity contribution in [3.8, 4) is 0 Å². The maximum Gasteiger partial charge on any atom is 0.428 e. The molecule has 0 aromatic rings. The third-order valence-electron chi connectivity index (χ3n) is 0.669. The summed E-state index contributed by atoms with van der Waals surface area (Å²) in [6, 6.07) is 0. The van der Waals surface area contributed by atoms with Crippen molar-refractivity contribution in [2.24, 2.45) is 10.1 Å². The molecule has 0 rings (SSSR count). The highest BCUT2D eigenvalue weighted by molar-refractivity contribution is 5.65. The minimum absolute atomic E-state index is 0.102. The van der Waals surface area contributed by atoms with Crippen LogP contribution in [0.25, 0.3) is 0 Å². The van der Waals surface area contributed by atoms with Gasteiger partial charge in [-0.3, -0.25) is 10.0 Å². The molecule has 0 spiro atoms. The summed E-state index contributed by atoms with van der Waals surface area (Å²) in [5.41, 5.74) is 0. The fraction of sp³-hybridized carbons (Fsp3) is 0.600. The molecule has 0 aromatic carbocycles. The molecule has 0 radical (unpaired) electrons. The second-order valence-electron chi connectivity index (χ2n) is 1.73. The fourth-order valence-electron chi connectivity index (χ4n) is 0.353. The number of halogens is 3. The number of nitrogens with zero attached hydrogens (tertiary/aromatic N) is 3. The van der Waals surface area contributed by atoms with E-state index in [9.17, 15) is 13.2 Å². The summed E-state index contributed by atoms with van der Waals surface area (Å²) in [7, 11) is 2.80. The predicted molar refractivity (Wildman–Crippen MR) is 36.7 cm³/mol. The van der Waals surface area contributed by atoms with Crippen molar-refractivity contribution in [1.29, 1.82) is 0 Å². The summed E-state index contributed by atoms with van der Waals surface area (Å²) in [6.45, 7) is 0. The highest BCUT2D eigenvalue weighted by atomic mass is 19.4. The van der Waals surface area contributed by atoms with Crippen LogP contribution in [0.15, 0.2) is 10.1 Å². The van der Waals surface area contributed by atoms with Gasteiger partial charge in [0.15, 0.2) is 0 Å². The van der Waals surface area contributed by atoms with Gasteiger partial charge < -0.3 is 0 Å². The monoisotopic (exact) mass is 167 g/mol. The lowest BCUT2D eigenvalue weighted by Gasteiger charge is -2.04. The summed E-state index contributed by atoms with van der Waals surface area (Å²) in [5.74, 6) is 0. The van der Waals surface area contributed by atoms with E-state index in [-0.39, 0.29) is 6.21 Å². The Balaban J connectivity index is 3.93. The van der Waals surface area contributed by atoms with E-state index in [2.05, 4.69) is 10.1 Å². The van der Waals surface area contributed by atoms with Gasteiger partial charge in [-0.25, -0.2) is 0 Å². The zero-order valence-corrected chi connectivity index (χ0v) is 6.13. The van der Waals surface area contributed by atoms with Crippen molar-refractivity contribution in [1.82, 2.24) is 5.01 Å². The predicted octanol–water partition coefficient (Wildman–Crippen LogP) is 1.12. The number of rotatable bonds is 2. The smallest absolute Gasteiger partial charge is 0.277 e. The van der Waals surface area contributed by atoms with Gasteiger partial charge in [0, 0.05) is 14.1 Å². The van der Waals surface area contributed by atoms with Crippen LogP contribution in [0, 0.1) is 0 Å². The lowest BCUT2D eigenvalue weighted by Crippen LogP contribution is -2.15. The first-order chi connectivity index (χ1) is 4.95. The Labute approximate surface area is 62.2 Å². The molecule has 0 atom stereocenters. The van der Waals surface area contributed by atoms with E-state index in [1.807, 2.05) is 0 Å². The Morgan fingerprint density at radius 1 is 1.36 bits per heavy atom. The summed E-state index contributed by atoms with van der Waals surface area (Å²) in [6.07, 6.45) is -3.30. The summed E-state index contributed by atoms with van der Waals surface area (Å²) < 4.78 is 34.3. The molecule has 0 aromatic heterocycles. The summed E-state index contributed by atoms with van der Waals surface area (Å²) in [5, 5.41) is 3.98. The number of hydrogen-bond donors (Lipinski definition) is 0. The van der Waals surface area contributed by atoms with Crippen LogP contribution in [-0.2, 0) is 0 Å². The van der Waals surface area contributed by atoms with Gasteiger partial charge in [-0.15, -0.1) is 0 Å². The van der Waals surface area contributed by atoms with Crippen LogP contribution in [-0.4, -0.2) is 37.8 Å². The van der Waals surface area contributed by atoms with E-state index in [4.69, 9.17) is 0 Å². The van der Waals surface area contributed by atoms with Crippen molar-refractivity contribution in [2.45, 2.75) is 6.18 Å². The standard InChI is InChI=1S/C5H8F3N3/c1-9-4-11(2)10-3-5(6,7)8/h3-4H,1-2H3/b9-4?,10-3+. The minimum atomic E-state index is -4.37. The largest absolute Gasteiger partial charge is 0.428 e. The van der Waals surface area contributed by atoms with E-state index in [0.29, 0.717) is 0 Å². The van der Waals surface area contributed by atoms with E-state index >= 15 is 0 Å². The topological polar surface area (TPSA) is 28.0 Å². The molecule has 0 bridgehead atoms. The number of hydrazone groups is 1. The molecule has 0 aliphatic heterocycles. The van der Waals surface area contributed by atoms with Gasteiger partial charge >= 0.3 is 6.18 Å². The maximum atomic E-state index is 11.4. The second kappa shape index (κ2) is 3.95. The van der Waals surface area contributed by atoms with E-state index in [1.165, 1.54) is 20.4 Å². The van der Waals surface area contributed by atoms with Gasteiger partial charge in [-0.05, 0) is 0 Å². The van der Waals surface area contributed by atoms with Gasteiger partial charge in [0.1, 0.15) is 12.6 Å². The quantitative estimate of drug-likeness (QED) is 0.344. The van der Waals surface area contributed by atoms with Gasteiger partial charge in [-0.1, -0.05) is 0 Å². The molecule has 3 nitrogen and oxygen atoms in total. The summed E-state index contributed by atoms with van der Waals surface area (Å²) in [4.78, 5) is 3.46. The zero-order chi connectivity index (χ0) is 8.91. The third kappa shape index (κ3) is 6.82. The Kier molecular flexibility index (Phi) is 3.56. The minimum Gasteiger partial charge on any atom is -0.277 e. The Hall–Kier alpha value is -1.07. The maximum absolute atomic E-state index is 11.4. The third-order valence-corrected chi connectivity index (χ3v) is 0.669. The van der Waals surface area contributed by atoms with Gasteiger partial charge in [0.2, 0.25) is 0 Å². The molecule has 0 N–H and O–H groups in total. The van der Waals surface area contributed by atoms with Crippen molar-refractivity contribution in [3.63, 3.8) is 0 Å². The molecule has 0 aliphatic carbocycles. The molecule has 0 aliphatic rings. The summed E-state index contributed by atoms with van der Waals surface area (Å²) >= 11 is 0. The Morgan fingerprint density at radius 2 is 1.91 bits per heavy atom. The highest BCUT2D eigenvalue weighted by Gasteiger charge is 2.23. The Morgan fingerprint density at radius 3 is 2.27 bits per heavy atom.